The van der Waals surface area contributed by atoms with Crippen LogP contribution in [0.25, 0.3) is 0 Å². The van der Waals surface area contributed by atoms with E-state index in [-0.39, 0.29) is 28.7 Å². The lowest BCUT2D eigenvalue weighted by Gasteiger charge is -2.28. The maximum atomic E-state index is 12.5. The molecule has 1 aliphatic carbocycles. The molecular weight excluding hydrogens is 300 g/mol. The molecule has 0 saturated carbocycles. The zero-order valence-electron chi connectivity index (χ0n) is 14.0. The molecule has 1 aromatic heterocycles. The number of hydrogen-bond acceptors (Lipinski definition) is 4. The van der Waals surface area contributed by atoms with Gasteiger partial charge < -0.3 is 10.6 Å². The molecule has 0 bridgehead atoms. The van der Waals surface area contributed by atoms with Crippen molar-refractivity contribution in [2.24, 2.45) is 5.92 Å². The summed E-state index contributed by atoms with van der Waals surface area (Å²) in [5, 5.41) is 6.56. The number of hydrogen-bond donors (Lipinski definition) is 2. The summed E-state index contributed by atoms with van der Waals surface area (Å²) >= 11 is 6.01. The van der Waals surface area contributed by atoms with Gasteiger partial charge in [0.1, 0.15) is 11.9 Å². The van der Waals surface area contributed by atoms with Gasteiger partial charge in [-0.1, -0.05) is 13.8 Å². The zero-order valence-corrected chi connectivity index (χ0v) is 14.7. The summed E-state index contributed by atoms with van der Waals surface area (Å²) in [7, 11) is 0. The molecule has 1 heterocycles. The van der Waals surface area contributed by atoms with Crippen molar-refractivity contribution in [2.75, 3.05) is 5.32 Å². The standard InChI is InChI=1S/C16H25ClN4O/c1-9(2)12(14(22)21-16(3,4)5)19-13-10-7-6-8-11(10)18-15(17)20-13/h9,12H,6-8H2,1-5H3,(H,21,22)(H,18,19,20)/t12-/m1/s1. The van der Waals surface area contributed by atoms with Gasteiger partial charge in [0.15, 0.2) is 0 Å². The van der Waals surface area contributed by atoms with Crippen molar-refractivity contribution in [1.29, 1.82) is 0 Å². The Kier molecular flexibility index (Phi) is 4.95. The number of aromatic nitrogens is 2. The largest absolute Gasteiger partial charge is 0.358 e. The quantitative estimate of drug-likeness (QED) is 0.836. The SMILES string of the molecule is CC(C)[C@@H](Nc1nc(Cl)nc2c1CCC2)C(=O)NC(C)(C)C. The molecule has 1 amide bonds. The van der Waals surface area contributed by atoms with Crippen LogP contribution in [0.2, 0.25) is 5.28 Å². The first-order valence-electron chi connectivity index (χ1n) is 7.81. The Hall–Kier alpha value is -1.36. The van der Waals surface area contributed by atoms with Gasteiger partial charge in [-0.15, -0.1) is 0 Å². The van der Waals surface area contributed by atoms with Gasteiger partial charge in [-0.2, -0.15) is 0 Å². The molecule has 1 aromatic rings. The average molecular weight is 325 g/mol. The summed E-state index contributed by atoms with van der Waals surface area (Å²) in [6.45, 7) is 9.95. The van der Waals surface area contributed by atoms with Crippen LogP contribution in [0.1, 0.15) is 52.3 Å². The van der Waals surface area contributed by atoms with Crippen LogP contribution in [-0.4, -0.2) is 27.5 Å². The number of nitrogens with one attached hydrogen (secondary N) is 2. The van der Waals surface area contributed by atoms with E-state index in [1.807, 2.05) is 34.6 Å². The molecule has 5 nitrogen and oxygen atoms in total. The molecule has 6 heteroatoms. The van der Waals surface area contributed by atoms with E-state index in [1.165, 1.54) is 0 Å². The monoisotopic (exact) mass is 324 g/mol. The fraction of sp³-hybridized carbons (Fsp3) is 0.688. The van der Waals surface area contributed by atoms with Crippen LogP contribution in [0.3, 0.4) is 0 Å². The predicted octanol–water partition coefficient (Wildman–Crippen LogP) is 2.97. The summed E-state index contributed by atoms with van der Waals surface area (Å²) in [6.07, 6.45) is 2.91. The Bertz CT molecular complexity index is 566. The number of aryl methyl sites for hydroxylation is 1. The molecule has 0 aromatic carbocycles. The topological polar surface area (TPSA) is 66.9 Å². The number of carbonyl (C=O) groups excluding carboxylic acids is 1. The second-order valence-corrected chi connectivity index (χ2v) is 7.56. The third-order valence-corrected chi connectivity index (χ3v) is 3.81. The molecule has 0 spiro atoms. The third kappa shape index (κ3) is 4.09. The zero-order chi connectivity index (χ0) is 16.5. The molecular formula is C16H25ClN4O. The van der Waals surface area contributed by atoms with Crippen LogP contribution >= 0.6 is 11.6 Å². The van der Waals surface area contributed by atoms with Gasteiger partial charge in [-0.05, 0) is 57.6 Å². The molecule has 122 valence electrons. The third-order valence-electron chi connectivity index (χ3n) is 3.65. The Morgan fingerprint density at radius 2 is 1.91 bits per heavy atom. The minimum absolute atomic E-state index is 0.0241. The summed E-state index contributed by atoms with van der Waals surface area (Å²) in [4.78, 5) is 21.1. The Labute approximate surface area is 137 Å². The van der Waals surface area contributed by atoms with Crippen LogP contribution < -0.4 is 10.6 Å². The highest BCUT2D eigenvalue weighted by atomic mass is 35.5. The fourth-order valence-corrected chi connectivity index (χ4v) is 2.84. The fourth-order valence-electron chi connectivity index (χ4n) is 2.65. The highest BCUT2D eigenvalue weighted by Crippen LogP contribution is 2.28. The van der Waals surface area contributed by atoms with E-state index in [0.29, 0.717) is 5.82 Å². The number of anilines is 1. The lowest BCUT2D eigenvalue weighted by Crippen LogP contribution is -2.50. The van der Waals surface area contributed by atoms with Gasteiger partial charge >= 0.3 is 0 Å². The number of rotatable bonds is 4. The van der Waals surface area contributed by atoms with E-state index in [0.717, 1.165) is 30.5 Å². The Balaban J connectivity index is 2.24. The molecule has 0 aliphatic heterocycles. The van der Waals surface area contributed by atoms with Crippen molar-refractivity contribution in [3.63, 3.8) is 0 Å². The molecule has 22 heavy (non-hydrogen) atoms. The minimum Gasteiger partial charge on any atom is -0.358 e. The van der Waals surface area contributed by atoms with Gasteiger partial charge in [0.2, 0.25) is 11.2 Å². The number of nitrogens with zero attached hydrogens (tertiary/aromatic N) is 2. The molecule has 0 fully saturated rings. The molecule has 0 unspecified atom stereocenters. The van der Waals surface area contributed by atoms with Crippen molar-refractivity contribution in [3.8, 4) is 0 Å². The summed E-state index contributed by atoms with van der Waals surface area (Å²) < 4.78 is 0. The molecule has 0 radical (unpaired) electrons. The van der Waals surface area contributed by atoms with Crippen LogP contribution in [0, 0.1) is 5.92 Å². The predicted molar refractivity (Wildman–Crippen MR) is 89.2 cm³/mol. The second kappa shape index (κ2) is 6.41. The van der Waals surface area contributed by atoms with Crippen LogP contribution in [-0.2, 0) is 17.6 Å². The van der Waals surface area contributed by atoms with Crippen LogP contribution in [0.4, 0.5) is 5.82 Å². The van der Waals surface area contributed by atoms with Gasteiger partial charge in [-0.3, -0.25) is 4.79 Å². The Morgan fingerprint density at radius 3 is 2.50 bits per heavy atom. The Morgan fingerprint density at radius 1 is 1.23 bits per heavy atom. The average Bonchev–Trinajstić information content (AvgIpc) is 2.80. The smallest absolute Gasteiger partial charge is 0.243 e. The van der Waals surface area contributed by atoms with E-state index < -0.39 is 0 Å². The summed E-state index contributed by atoms with van der Waals surface area (Å²) in [5.41, 5.74) is 1.83. The van der Waals surface area contributed by atoms with E-state index in [2.05, 4.69) is 20.6 Å². The van der Waals surface area contributed by atoms with E-state index in [9.17, 15) is 4.79 Å². The molecule has 2 N–H and O–H groups in total. The van der Waals surface area contributed by atoms with Crippen molar-refractivity contribution in [2.45, 2.75) is 65.5 Å². The van der Waals surface area contributed by atoms with E-state index in [4.69, 9.17) is 11.6 Å². The highest BCUT2D eigenvalue weighted by molar-refractivity contribution is 6.28. The molecule has 1 aliphatic rings. The summed E-state index contributed by atoms with van der Waals surface area (Å²) in [5.74, 6) is 0.812. The van der Waals surface area contributed by atoms with Crippen molar-refractivity contribution < 1.29 is 4.79 Å². The van der Waals surface area contributed by atoms with Gasteiger partial charge in [-0.25, -0.2) is 9.97 Å². The van der Waals surface area contributed by atoms with Crippen LogP contribution in [0.5, 0.6) is 0 Å². The summed E-state index contributed by atoms with van der Waals surface area (Å²) in [6, 6.07) is -0.352. The van der Waals surface area contributed by atoms with Crippen molar-refractivity contribution in [1.82, 2.24) is 15.3 Å². The lowest BCUT2D eigenvalue weighted by atomic mass is 10.0. The maximum Gasteiger partial charge on any atom is 0.243 e. The number of fused-ring (bicyclic) bond motifs is 1. The van der Waals surface area contributed by atoms with E-state index >= 15 is 0 Å². The first-order valence-corrected chi connectivity index (χ1v) is 8.19. The molecule has 0 saturated heterocycles. The normalized spacial score (nSPS) is 15.6. The molecule has 1 atom stereocenters. The first-order chi connectivity index (χ1) is 10.2. The van der Waals surface area contributed by atoms with Crippen molar-refractivity contribution in [3.05, 3.63) is 16.5 Å². The maximum absolute atomic E-state index is 12.5. The minimum atomic E-state index is -0.352. The van der Waals surface area contributed by atoms with E-state index in [1.54, 1.807) is 0 Å². The molecule has 2 rings (SSSR count). The second-order valence-electron chi connectivity index (χ2n) is 7.23. The van der Waals surface area contributed by atoms with Gasteiger partial charge in [0.25, 0.3) is 0 Å². The number of carbonyl (C=O) groups is 1. The number of halogens is 1. The van der Waals surface area contributed by atoms with Gasteiger partial charge in [0.05, 0.1) is 5.69 Å². The lowest BCUT2D eigenvalue weighted by molar-refractivity contribution is -0.124. The number of amides is 1. The first kappa shape index (κ1) is 17.0. The highest BCUT2D eigenvalue weighted by Gasteiger charge is 2.28. The van der Waals surface area contributed by atoms with Crippen LogP contribution in [0.15, 0.2) is 0 Å². The van der Waals surface area contributed by atoms with Crippen molar-refractivity contribution >= 4 is 23.3 Å². The van der Waals surface area contributed by atoms with Gasteiger partial charge in [0, 0.05) is 11.1 Å².